The van der Waals surface area contributed by atoms with Gasteiger partial charge in [-0.3, -0.25) is 4.79 Å². The number of hydrogen-bond donors (Lipinski definition) is 1. The lowest BCUT2D eigenvalue weighted by molar-refractivity contribution is -0.152. The van der Waals surface area contributed by atoms with Gasteiger partial charge in [-0.15, -0.1) is 0 Å². The van der Waals surface area contributed by atoms with E-state index in [9.17, 15) is 13.6 Å². The lowest BCUT2D eigenvalue weighted by Crippen LogP contribution is -2.28. The van der Waals surface area contributed by atoms with Crippen LogP contribution in [0.1, 0.15) is 20.8 Å². The van der Waals surface area contributed by atoms with E-state index in [2.05, 4.69) is 10.1 Å². The highest BCUT2D eigenvalue weighted by atomic mass is 19.3. The van der Waals surface area contributed by atoms with Gasteiger partial charge >= 0.3 is 12.6 Å². The molecule has 0 atom stereocenters. The van der Waals surface area contributed by atoms with Crippen LogP contribution in [-0.4, -0.2) is 24.7 Å². The van der Waals surface area contributed by atoms with Crippen LogP contribution in [-0.2, 0) is 9.53 Å². The number of ether oxygens (including phenoxy) is 2. The number of anilines is 1. The van der Waals surface area contributed by atoms with Crippen molar-refractivity contribution in [1.82, 2.24) is 0 Å². The van der Waals surface area contributed by atoms with E-state index in [4.69, 9.17) is 4.74 Å². The lowest BCUT2D eigenvalue weighted by Gasteiger charge is -2.20. The maximum atomic E-state index is 12.2. The molecule has 0 saturated carbocycles. The molecule has 1 rings (SSSR count). The minimum absolute atomic E-state index is 0.0129. The number of alkyl halides is 2. The van der Waals surface area contributed by atoms with Crippen LogP contribution in [0.5, 0.6) is 5.75 Å². The van der Waals surface area contributed by atoms with Crippen LogP contribution in [0.3, 0.4) is 0 Å². The molecule has 1 N–H and O–H groups in total. The monoisotopic (exact) mass is 273 g/mol. The van der Waals surface area contributed by atoms with Crippen LogP contribution in [0.25, 0.3) is 0 Å². The molecule has 6 heteroatoms. The number of benzene rings is 1. The van der Waals surface area contributed by atoms with E-state index in [0.717, 1.165) is 0 Å². The van der Waals surface area contributed by atoms with Gasteiger partial charge in [0.15, 0.2) is 0 Å². The quantitative estimate of drug-likeness (QED) is 0.838. The average molecular weight is 273 g/mol. The minimum atomic E-state index is -2.91. The predicted octanol–water partition coefficient (Wildman–Crippen LogP) is 3.04. The zero-order valence-electron chi connectivity index (χ0n) is 11.1. The molecule has 0 saturated heterocycles. The zero-order valence-corrected chi connectivity index (χ0v) is 11.1. The molecular weight excluding hydrogens is 256 g/mol. The Hall–Kier alpha value is -1.85. The second-order valence-electron chi connectivity index (χ2n) is 4.81. The standard InChI is InChI=1S/C13H17F2NO3/c1-13(2,3)19-11(17)8-16-9-6-4-5-7-10(9)18-12(14)15/h4-7,12,16H,8H2,1-3H3. The van der Waals surface area contributed by atoms with E-state index in [-0.39, 0.29) is 12.3 Å². The molecule has 0 unspecified atom stereocenters. The number of halogens is 2. The molecular formula is C13H17F2NO3. The van der Waals surface area contributed by atoms with Crippen LogP contribution in [0.15, 0.2) is 24.3 Å². The summed E-state index contributed by atoms with van der Waals surface area (Å²) >= 11 is 0. The largest absolute Gasteiger partial charge is 0.459 e. The van der Waals surface area contributed by atoms with Crippen molar-refractivity contribution in [2.75, 3.05) is 11.9 Å². The second kappa shape index (κ2) is 6.36. The summed E-state index contributed by atoms with van der Waals surface area (Å²) in [6.45, 7) is 2.21. The number of esters is 1. The highest BCUT2D eigenvalue weighted by Gasteiger charge is 2.16. The van der Waals surface area contributed by atoms with Crippen molar-refractivity contribution in [3.63, 3.8) is 0 Å². The highest BCUT2D eigenvalue weighted by molar-refractivity contribution is 5.76. The first-order valence-corrected chi connectivity index (χ1v) is 5.77. The van der Waals surface area contributed by atoms with Gasteiger partial charge in [-0.1, -0.05) is 12.1 Å². The van der Waals surface area contributed by atoms with E-state index in [0.29, 0.717) is 5.69 Å². The summed E-state index contributed by atoms with van der Waals surface area (Å²) < 4.78 is 33.8. The molecule has 0 fully saturated rings. The van der Waals surface area contributed by atoms with Crippen molar-refractivity contribution in [3.8, 4) is 5.75 Å². The molecule has 1 aromatic rings. The maximum Gasteiger partial charge on any atom is 0.387 e. The Morgan fingerprint density at radius 1 is 1.32 bits per heavy atom. The zero-order chi connectivity index (χ0) is 14.5. The molecule has 0 radical (unpaired) electrons. The van der Waals surface area contributed by atoms with Gasteiger partial charge in [0.05, 0.1) is 5.69 Å². The van der Waals surface area contributed by atoms with E-state index in [1.165, 1.54) is 6.07 Å². The van der Waals surface area contributed by atoms with Crippen LogP contribution < -0.4 is 10.1 Å². The summed E-state index contributed by atoms with van der Waals surface area (Å²) in [5.41, 5.74) is -0.272. The van der Waals surface area contributed by atoms with Crippen molar-refractivity contribution in [3.05, 3.63) is 24.3 Å². The summed E-state index contributed by atoms with van der Waals surface area (Å²) in [6, 6.07) is 6.15. The molecule has 106 valence electrons. The molecule has 0 aliphatic rings. The molecule has 4 nitrogen and oxygen atoms in total. The summed E-state index contributed by atoms with van der Waals surface area (Å²) in [5.74, 6) is -0.486. The first kappa shape index (κ1) is 15.2. The van der Waals surface area contributed by atoms with Gasteiger partial charge in [-0.2, -0.15) is 8.78 Å². The first-order valence-electron chi connectivity index (χ1n) is 5.77. The van der Waals surface area contributed by atoms with Gasteiger partial charge in [-0.05, 0) is 32.9 Å². The van der Waals surface area contributed by atoms with Crippen LogP contribution in [0.4, 0.5) is 14.5 Å². The normalized spacial score (nSPS) is 11.3. The second-order valence-corrected chi connectivity index (χ2v) is 4.81. The first-order chi connectivity index (χ1) is 8.78. The number of hydrogen-bond acceptors (Lipinski definition) is 4. The summed E-state index contributed by atoms with van der Waals surface area (Å²) in [4.78, 5) is 11.5. The third-order valence-corrected chi connectivity index (χ3v) is 1.95. The SMILES string of the molecule is CC(C)(C)OC(=O)CNc1ccccc1OC(F)F. The third kappa shape index (κ3) is 6.03. The molecule has 0 aliphatic carbocycles. The Labute approximate surface area is 110 Å². The maximum absolute atomic E-state index is 12.2. The highest BCUT2D eigenvalue weighted by Crippen LogP contribution is 2.25. The van der Waals surface area contributed by atoms with Crippen molar-refractivity contribution in [2.24, 2.45) is 0 Å². The van der Waals surface area contributed by atoms with Gasteiger partial charge in [0, 0.05) is 0 Å². The minimum Gasteiger partial charge on any atom is -0.459 e. The van der Waals surface area contributed by atoms with Crippen molar-refractivity contribution < 1.29 is 23.0 Å². The topological polar surface area (TPSA) is 47.6 Å². The number of carbonyl (C=O) groups is 1. The number of rotatable bonds is 5. The molecule has 0 aliphatic heterocycles. The predicted molar refractivity (Wildman–Crippen MR) is 67.4 cm³/mol. The fourth-order valence-corrected chi connectivity index (χ4v) is 1.36. The molecule has 0 heterocycles. The van der Waals surface area contributed by atoms with Gasteiger partial charge < -0.3 is 14.8 Å². The summed E-state index contributed by atoms with van der Waals surface area (Å²) in [5, 5.41) is 2.71. The van der Waals surface area contributed by atoms with E-state index in [1.807, 2.05) is 0 Å². The van der Waals surface area contributed by atoms with E-state index < -0.39 is 18.2 Å². The Balaban J connectivity index is 2.60. The Kier molecular flexibility index (Phi) is 5.09. The Morgan fingerprint density at radius 3 is 2.53 bits per heavy atom. The third-order valence-electron chi connectivity index (χ3n) is 1.95. The van der Waals surface area contributed by atoms with Gasteiger partial charge in [0.25, 0.3) is 0 Å². The molecule has 0 bridgehead atoms. The Morgan fingerprint density at radius 2 is 1.95 bits per heavy atom. The molecule has 1 aromatic carbocycles. The van der Waals surface area contributed by atoms with E-state index in [1.54, 1.807) is 39.0 Å². The van der Waals surface area contributed by atoms with Crippen molar-refractivity contribution >= 4 is 11.7 Å². The Bertz CT molecular complexity index is 430. The van der Waals surface area contributed by atoms with Crippen LogP contribution in [0, 0.1) is 0 Å². The summed E-state index contributed by atoms with van der Waals surface area (Å²) in [7, 11) is 0. The fraction of sp³-hybridized carbons (Fsp3) is 0.462. The molecule has 19 heavy (non-hydrogen) atoms. The number of para-hydroxylation sites is 2. The molecule has 0 aromatic heterocycles. The van der Waals surface area contributed by atoms with Crippen molar-refractivity contribution in [1.29, 1.82) is 0 Å². The number of nitrogens with one attached hydrogen (secondary N) is 1. The average Bonchev–Trinajstić information content (AvgIpc) is 2.24. The van der Waals surface area contributed by atoms with Crippen LogP contribution >= 0.6 is 0 Å². The fourth-order valence-electron chi connectivity index (χ4n) is 1.36. The van der Waals surface area contributed by atoms with Gasteiger partial charge in [0.2, 0.25) is 0 Å². The summed E-state index contributed by atoms with van der Waals surface area (Å²) in [6.07, 6.45) is 0. The smallest absolute Gasteiger partial charge is 0.387 e. The molecule has 0 spiro atoms. The van der Waals surface area contributed by atoms with Gasteiger partial charge in [0.1, 0.15) is 17.9 Å². The van der Waals surface area contributed by atoms with Gasteiger partial charge in [-0.25, -0.2) is 0 Å². The number of carbonyl (C=O) groups excluding carboxylic acids is 1. The van der Waals surface area contributed by atoms with Crippen LogP contribution in [0.2, 0.25) is 0 Å². The lowest BCUT2D eigenvalue weighted by atomic mass is 10.2. The molecule has 0 amide bonds. The van der Waals surface area contributed by atoms with Crippen molar-refractivity contribution in [2.45, 2.75) is 33.0 Å². The van der Waals surface area contributed by atoms with E-state index >= 15 is 0 Å².